The van der Waals surface area contributed by atoms with Gasteiger partial charge in [0.1, 0.15) is 6.54 Å². The molecule has 3 aromatic carbocycles. The molecule has 0 spiro atoms. The number of urea groups is 1. The first-order chi connectivity index (χ1) is 12.9. The first-order valence-electron chi connectivity index (χ1n) is 8.81. The van der Waals surface area contributed by atoms with E-state index in [1.54, 1.807) is 7.05 Å². The Labute approximate surface area is 159 Å². The molecular weight excluding hydrogens is 338 g/mol. The average molecular weight is 361 g/mol. The maximum atomic E-state index is 12.4. The fourth-order valence-electron chi connectivity index (χ4n) is 2.96. The molecule has 0 fully saturated rings. The predicted octanol–water partition coefficient (Wildman–Crippen LogP) is 4.56. The number of hydrogen-bond acceptors (Lipinski definition) is 2. The van der Waals surface area contributed by atoms with Gasteiger partial charge < -0.3 is 15.5 Å². The normalized spacial score (nSPS) is 10.5. The van der Waals surface area contributed by atoms with Gasteiger partial charge in [-0.1, -0.05) is 48.5 Å². The SMILES string of the molecule is Cc1cccc(C)c1NC(=O)CN(C)C(=O)Nc1ccc2ccccc2c1. The molecule has 5 nitrogen and oxygen atoms in total. The summed E-state index contributed by atoms with van der Waals surface area (Å²) in [5.74, 6) is -0.233. The fraction of sp³-hybridized carbons (Fsp3) is 0.182. The molecule has 0 saturated carbocycles. The van der Waals surface area contributed by atoms with Crippen LogP contribution in [-0.2, 0) is 4.79 Å². The lowest BCUT2D eigenvalue weighted by atomic mass is 10.1. The maximum absolute atomic E-state index is 12.4. The Morgan fingerprint density at radius 2 is 1.52 bits per heavy atom. The van der Waals surface area contributed by atoms with Crippen molar-refractivity contribution in [3.8, 4) is 0 Å². The van der Waals surface area contributed by atoms with Gasteiger partial charge >= 0.3 is 6.03 Å². The molecule has 0 atom stereocenters. The number of fused-ring (bicyclic) bond motifs is 1. The van der Waals surface area contributed by atoms with Crippen LogP contribution in [0.1, 0.15) is 11.1 Å². The molecular formula is C22H23N3O2. The number of aryl methyl sites for hydroxylation is 2. The van der Waals surface area contributed by atoms with Gasteiger partial charge in [-0.2, -0.15) is 0 Å². The highest BCUT2D eigenvalue weighted by Gasteiger charge is 2.14. The maximum Gasteiger partial charge on any atom is 0.322 e. The van der Waals surface area contributed by atoms with E-state index in [2.05, 4.69) is 10.6 Å². The van der Waals surface area contributed by atoms with Gasteiger partial charge in [0.05, 0.1) is 0 Å². The van der Waals surface area contributed by atoms with E-state index in [4.69, 9.17) is 0 Å². The number of amides is 3. The number of carbonyl (C=O) groups is 2. The van der Waals surface area contributed by atoms with Crippen molar-refractivity contribution < 1.29 is 9.59 Å². The molecule has 0 heterocycles. The van der Waals surface area contributed by atoms with Crippen LogP contribution in [0.2, 0.25) is 0 Å². The van der Waals surface area contributed by atoms with Crippen molar-refractivity contribution in [2.24, 2.45) is 0 Å². The lowest BCUT2D eigenvalue weighted by molar-refractivity contribution is -0.116. The number of rotatable bonds is 4. The highest BCUT2D eigenvalue weighted by atomic mass is 16.2. The standard InChI is InChI=1S/C22H23N3O2/c1-15-7-6-8-16(2)21(15)24-20(26)14-25(3)22(27)23-19-12-11-17-9-4-5-10-18(17)13-19/h4-13H,14H2,1-3H3,(H,23,27)(H,24,26). The summed E-state index contributed by atoms with van der Waals surface area (Å²) in [6.45, 7) is 3.85. The molecule has 3 aromatic rings. The molecule has 138 valence electrons. The Bertz CT molecular complexity index is 978. The van der Waals surface area contributed by atoms with E-state index < -0.39 is 0 Å². The minimum atomic E-state index is -0.332. The van der Waals surface area contributed by atoms with Crippen LogP contribution < -0.4 is 10.6 Å². The van der Waals surface area contributed by atoms with E-state index in [9.17, 15) is 9.59 Å². The Balaban J connectivity index is 1.62. The molecule has 5 heteroatoms. The predicted molar refractivity (Wildman–Crippen MR) is 110 cm³/mol. The zero-order chi connectivity index (χ0) is 19.4. The highest BCUT2D eigenvalue weighted by molar-refractivity contribution is 5.98. The monoisotopic (exact) mass is 361 g/mol. The zero-order valence-corrected chi connectivity index (χ0v) is 15.7. The summed E-state index contributed by atoms with van der Waals surface area (Å²) >= 11 is 0. The molecule has 3 amide bonds. The van der Waals surface area contributed by atoms with Gasteiger partial charge in [0.15, 0.2) is 0 Å². The number of nitrogens with zero attached hydrogens (tertiary/aromatic N) is 1. The number of hydrogen-bond donors (Lipinski definition) is 2. The Hall–Kier alpha value is -3.34. The minimum absolute atomic E-state index is 0.0345. The van der Waals surface area contributed by atoms with E-state index in [1.165, 1.54) is 4.90 Å². The van der Waals surface area contributed by atoms with Crippen LogP contribution in [0.3, 0.4) is 0 Å². The summed E-state index contributed by atoms with van der Waals surface area (Å²) < 4.78 is 0. The number of nitrogens with one attached hydrogen (secondary N) is 2. The topological polar surface area (TPSA) is 61.4 Å². The van der Waals surface area contributed by atoms with Crippen molar-refractivity contribution in [2.75, 3.05) is 24.2 Å². The van der Waals surface area contributed by atoms with Gasteiger partial charge in [0.2, 0.25) is 5.91 Å². The summed E-state index contributed by atoms with van der Waals surface area (Å²) in [6, 6.07) is 19.2. The van der Waals surface area contributed by atoms with Crippen LogP contribution >= 0.6 is 0 Å². The van der Waals surface area contributed by atoms with E-state index >= 15 is 0 Å². The first kappa shape index (κ1) is 18.5. The smallest absolute Gasteiger partial charge is 0.322 e. The van der Waals surface area contributed by atoms with E-state index in [-0.39, 0.29) is 18.5 Å². The van der Waals surface area contributed by atoms with Crippen LogP contribution in [0.15, 0.2) is 60.7 Å². The Kier molecular flexibility index (Phi) is 5.41. The second kappa shape index (κ2) is 7.91. The van der Waals surface area contributed by atoms with Crippen molar-refractivity contribution in [3.63, 3.8) is 0 Å². The number of para-hydroxylation sites is 1. The second-order valence-corrected chi connectivity index (χ2v) is 6.66. The van der Waals surface area contributed by atoms with Gasteiger partial charge in [0.25, 0.3) is 0 Å². The second-order valence-electron chi connectivity index (χ2n) is 6.66. The van der Waals surface area contributed by atoms with Crippen molar-refractivity contribution in [1.29, 1.82) is 0 Å². The van der Waals surface area contributed by atoms with Crippen LogP contribution in [0, 0.1) is 13.8 Å². The molecule has 0 radical (unpaired) electrons. The van der Waals surface area contributed by atoms with E-state index in [0.29, 0.717) is 5.69 Å². The third-order valence-electron chi connectivity index (χ3n) is 4.47. The summed E-state index contributed by atoms with van der Waals surface area (Å²) in [6.07, 6.45) is 0. The fourth-order valence-corrected chi connectivity index (χ4v) is 2.96. The third kappa shape index (κ3) is 4.44. The van der Waals surface area contributed by atoms with Crippen molar-refractivity contribution in [1.82, 2.24) is 4.90 Å². The summed E-state index contributed by atoms with van der Waals surface area (Å²) in [5.41, 5.74) is 3.48. The summed E-state index contributed by atoms with van der Waals surface area (Å²) in [4.78, 5) is 26.1. The molecule has 27 heavy (non-hydrogen) atoms. The number of likely N-dealkylation sites (N-methyl/N-ethyl adjacent to an activating group) is 1. The number of carbonyl (C=O) groups excluding carboxylic acids is 2. The van der Waals surface area contributed by atoms with Crippen molar-refractivity contribution >= 4 is 34.1 Å². The Morgan fingerprint density at radius 3 is 2.22 bits per heavy atom. The van der Waals surface area contributed by atoms with Gasteiger partial charge in [-0.25, -0.2) is 4.79 Å². The number of benzene rings is 3. The molecule has 0 aliphatic rings. The third-order valence-corrected chi connectivity index (χ3v) is 4.47. The highest BCUT2D eigenvalue weighted by Crippen LogP contribution is 2.20. The van der Waals surface area contributed by atoms with Crippen molar-refractivity contribution in [3.05, 3.63) is 71.8 Å². The average Bonchev–Trinajstić information content (AvgIpc) is 2.64. The molecule has 0 unspecified atom stereocenters. The van der Waals surface area contributed by atoms with Crippen LogP contribution in [0.4, 0.5) is 16.2 Å². The van der Waals surface area contributed by atoms with Gasteiger partial charge in [-0.05, 0) is 47.9 Å². The van der Waals surface area contributed by atoms with Crippen LogP contribution in [0.25, 0.3) is 10.8 Å². The molecule has 0 bridgehead atoms. The molecule has 2 N–H and O–H groups in total. The van der Waals surface area contributed by atoms with Crippen molar-refractivity contribution in [2.45, 2.75) is 13.8 Å². The lowest BCUT2D eigenvalue weighted by Crippen LogP contribution is -2.37. The molecule has 0 aromatic heterocycles. The molecule has 0 aliphatic carbocycles. The molecule has 0 saturated heterocycles. The Morgan fingerprint density at radius 1 is 0.852 bits per heavy atom. The first-order valence-corrected chi connectivity index (χ1v) is 8.81. The lowest BCUT2D eigenvalue weighted by Gasteiger charge is -2.19. The zero-order valence-electron chi connectivity index (χ0n) is 15.7. The van der Waals surface area contributed by atoms with Gasteiger partial charge in [0, 0.05) is 18.4 Å². The summed E-state index contributed by atoms with van der Waals surface area (Å²) in [5, 5.41) is 7.88. The number of anilines is 2. The molecule has 3 rings (SSSR count). The molecule has 0 aliphatic heterocycles. The quantitative estimate of drug-likeness (QED) is 0.716. The van der Waals surface area contributed by atoms with E-state index in [0.717, 1.165) is 27.6 Å². The van der Waals surface area contributed by atoms with Crippen LogP contribution in [0.5, 0.6) is 0 Å². The largest absolute Gasteiger partial charge is 0.324 e. The van der Waals surface area contributed by atoms with E-state index in [1.807, 2.05) is 74.5 Å². The summed E-state index contributed by atoms with van der Waals surface area (Å²) in [7, 11) is 1.60. The minimum Gasteiger partial charge on any atom is -0.324 e. The van der Waals surface area contributed by atoms with Gasteiger partial charge in [-0.15, -0.1) is 0 Å². The van der Waals surface area contributed by atoms with Gasteiger partial charge in [-0.3, -0.25) is 4.79 Å². The van der Waals surface area contributed by atoms with Crippen LogP contribution in [-0.4, -0.2) is 30.4 Å².